The maximum Gasteiger partial charge on any atom is 0.0900 e. The van der Waals surface area contributed by atoms with Crippen LogP contribution in [0.4, 0.5) is 5.69 Å². The molecule has 2 rings (SSSR count). The molecule has 0 radical (unpaired) electrons. The van der Waals surface area contributed by atoms with Crippen molar-refractivity contribution in [2.45, 2.75) is 40.0 Å². The molecular formula is C15H20N2S. The van der Waals surface area contributed by atoms with Gasteiger partial charge >= 0.3 is 0 Å². The Labute approximate surface area is 113 Å². The first-order chi connectivity index (χ1) is 8.47. The van der Waals surface area contributed by atoms with E-state index in [0.717, 1.165) is 22.8 Å². The maximum atomic E-state index is 6.11. The summed E-state index contributed by atoms with van der Waals surface area (Å²) in [6.07, 6.45) is 0.930. The van der Waals surface area contributed by atoms with E-state index in [1.165, 1.54) is 16.0 Å². The van der Waals surface area contributed by atoms with Gasteiger partial charge in [-0.05, 0) is 37.0 Å². The first kappa shape index (κ1) is 13.1. The van der Waals surface area contributed by atoms with E-state index in [-0.39, 0.29) is 0 Å². The lowest BCUT2D eigenvalue weighted by Gasteiger charge is -2.11. The number of hydrogen-bond acceptors (Lipinski definition) is 3. The van der Waals surface area contributed by atoms with Crippen LogP contribution in [0.3, 0.4) is 0 Å². The number of aryl methyl sites for hydroxylation is 2. The highest BCUT2D eigenvalue weighted by atomic mass is 32.1. The molecule has 2 nitrogen and oxygen atoms in total. The Morgan fingerprint density at radius 1 is 1.28 bits per heavy atom. The molecule has 0 saturated heterocycles. The highest BCUT2D eigenvalue weighted by Gasteiger charge is 2.08. The van der Waals surface area contributed by atoms with Crippen molar-refractivity contribution >= 4 is 17.0 Å². The summed E-state index contributed by atoms with van der Waals surface area (Å²) < 4.78 is 0. The summed E-state index contributed by atoms with van der Waals surface area (Å²) in [5.74, 6) is 0.478. The molecule has 0 aliphatic heterocycles. The van der Waals surface area contributed by atoms with Gasteiger partial charge in [0.15, 0.2) is 0 Å². The van der Waals surface area contributed by atoms with Crippen molar-refractivity contribution in [1.82, 2.24) is 4.98 Å². The number of anilines is 1. The van der Waals surface area contributed by atoms with Crippen LogP contribution in [0.15, 0.2) is 18.2 Å². The van der Waals surface area contributed by atoms with Crippen LogP contribution in [0.25, 0.3) is 0 Å². The number of rotatable bonds is 3. The fourth-order valence-corrected chi connectivity index (χ4v) is 3.15. The normalized spacial score (nSPS) is 11.2. The van der Waals surface area contributed by atoms with E-state index in [2.05, 4.69) is 50.9 Å². The zero-order valence-corrected chi connectivity index (χ0v) is 12.3. The minimum absolute atomic E-state index is 0.478. The van der Waals surface area contributed by atoms with Crippen LogP contribution < -0.4 is 5.73 Å². The number of benzene rings is 1. The molecule has 0 saturated carbocycles. The van der Waals surface area contributed by atoms with Crippen LogP contribution in [0.1, 0.15) is 46.5 Å². The van der Waals surface area contributed by atoms with Gasteiger partial charge in [0.1, 0.15) is 0 Å². The Morgan fingerprint density at radius 2 is 2.00 bits per heavy atom. The average Bonchev–Trinajstić information content (AvgIpc) is 2.57. The molecule has 0 amide bonds. The third kappa shape index (κ3) is 2.72. The fourth-order valence-electron chi connectivity index (χ4n) is 2.18. The molecule has 0 unspecified atom stereocenters. The Bertz CT molecular complexity index is 556. The molecule has 1 aromatic heterocycles. The summed E-state index contributed by atoms with van der Waals surface area (Å²) in [6, 6.07) is 6.43. The van der Waals surface area contributed by atoms with Crippen LogP contribution in [0.5, 0.6) is 0 Å². The lowest BCUT2D eigenvalue weighted by atomic mass is 9.98. The minimum Gasteiger partial charge on any atom is -0.398 e. The van der Waals surface area contributed by atoms with Gasteiger partial charge in [-0.1, -0.05) is 26.0 Å². The maximum absolute atomic E-state index is 6.11. The van der Waals surface area contributed by atoms with Gasteiger partial charge in [0.05, 0.1) is 10.7 Å². The van der Waals surface area contributed by atoms with E-state index in [9.17, 15) is 0 Å². The Hall–Kier alpha value is -1.35. The van der Waals surface area contributed by atoms with E-state index in [1.807, 2.05) is 0 Å². The van der Waals surface area contributed by atoms with Crippen molar-refractivity contribution in [3.8, 4) is 0 Å². The summed E-state index contributed by atoms with van der Waals surface area (Å²) in [5, 5.41) is 1.13. The number of nitrogens with zero attached hydrogens (tertiary/aromatic N) is 1. The molecule has 0 aliphatic rings. The van der Waals surface area contributed by atoms with Crippen LogP contribution in [0.2, 0.25) is 0 Å². The number of thiazole rings is 1. The second kappa shape index (κ2) is 5.11. The van der Waals surface area contributed by atoms with Gasteiger partial charge in [-0.25, -0.2) is 4.98 Å². The highest BCUT2D eigenvalue weighted by molar-refractivity contribution is 7.11. The van der Waals surface area contributed by atoms with Gasteiger partial charge in [0.25, 0.3) is 0 Å². The molecule has 96 valence electrons. The molecule has 0 fully saturated rings. The molecule has 18 heavy (non-hydrogen) atoms. The average molecular weight is 260 g/mol. The van der Waals surface area contributed by atoms with Gasteiger partial charge in [-0.2, -0.15) is 0 Å². The van der Waals surface area contributed by atoms with Crippen LogP contribution in [0, 0.1) is 13.8 Å². The molecule has 0 atom stereocenters. The number of nitrogen functional groups attached to an aromatic ring is 1. The van der Waals surface area contributed by atoms with Crippen molar-refractivity contribution in [1.29, 1.82) is 0 Å². The zero-order chi connectivity index (χ0) is 13.3. The van der Waals surface area contributed by atoms with Crippen molar-refractivity contribution in [2.24, 2.45) is 0 Å². The fraction of sp³-hybridized carbons (Fsp3) is 0.400. The molecule has 0 aliphatic carbocycles. The van der Waals surface area contributed by atoms with Gasteiger partial charge in [-0.3, -0.25) is 0 Å². The van der Waals surface area contributed by atoms with E-state index >= 15 is 0 Å². The van der Waals surface area contributed by atoms with Gasteiger partial charge < -0.3 is 5.73 Å². The number of aromatic nitrogens is 1. The first-order valence-electron chi connectivity index (χ1n) is 6.28. The van der Waals surface area contributed by atoms with E-state index < -0.39 is 0 Å². The van der Waals surface area contributed by atoms with Crippen molar-refractivity contribution in [3.63, 3.8) is 0 Å². The van der Waals surface area contributed by atoms with E-state index in [1.54, 1.807) is 11.3 Å². The monoisotopic (exact) mass is 260 g/mol. The predicted octanol–water partition coefficient (Wildman–Crippen LogP) is 4.06. The SMILES string of the molecule is Cc1nc(C)c(Cc2ccc(C(C)C)c(N)c2)s1. The smallest absolute Gasteiger partial charge is 0.0900 e. The second-order valence-corrected chi connectivity index (χ2v) is 6.32. The molecule has 2 aromatic rings. The van der Waals surface area contributed by atoms with Crippen molar-refractivity contribution in [2.75, 3.05) is 5.73 Å². The van der Waals surface area contributed by atoms with Crippen LogP contribution in [-0.4, -0.2) is 4.98 Å². The topological polar surface area (TPSA) is 38.9 Å². The largest absolute Gasteiger partial charge is 0.398 e. The van der Waals surface area contributed by atoms with Gasteiger partial charge in [0, 0.05) is 17.0 Å². The summed E-state index contributed by atoms with van der Waals surface area (Å²) in [6.45, 7) is 8.46. The molecule has 2 N–H and O–H groups in total. The van der Waals surface area contributed by atoms with Gasteiger partial charge in [-0.15, -0.1) is 11.3 Å². The quantitative estimate of drug-likeness (QED) is 0.845. The predicted molar refractivity (Wildman–Crippen MR) is 79.3 cm³/mol. The lowest BCUT2D eigenvalue weighted by Crippen LogP contribution is -1.98. The first-order valence-corrected chi connectivity index (χ1v) is 7.10. The van der Waals surface area contributed by atoms with Crippen molar-refractivity contribution < 1.29 is 0 Å². The molecule has 1 aromatic carbocycles. The van der Waals surface area contributed by atoms with Crippen LogP contribution >= 0.6 is 11.3 Å². The zero-order valence-electron chi connectivity index (χ0n) is 11.4. The minimum atomic E-state index is 0.478. The molecular weight excluding hydrogens is 240 g/mol. The molecule has 3 heteroatoms. The number of nitrogens with two attached hydrogens (primary N) is 1. The van der Waals surface area contributed by atoms with Crippen molar-refractivity contribution in [3.05, 3.63) is 44.9 Å². The summed E-state index contributed by atoms with van der Waals surface area (Å²) in [7, 11) is 0. The Kier molecular flexibility index (Phi) is 3.71. The molecule has 0 bridgehead atoms. The third-order valence-electron chi connectivity index (χ3n) is 3.14. The van der Waals surface area contributed by atoms with E-state index in [4.69, 9.17) is 5.73 Å². The Morgan fingerprint density at radius 3 is 2.50 bits per heavy atom. The summed E-state index contributed by atoms with van der Waals surface area (Å²) >= 11 is 1.77. The lowest BCUT2D eigenvalue weighted by molar-refractivity contribution is 0.869. The molecule has 1 heterocycles. The van der Waals surface area contributed by atoms with Gasteiger partial charge in [0.2, 0.25) is 0 Å². The van der Waals surface area contributed by atoms with Crippen LogP contribution in [-0.2, 0) is 6.42 Å². The Balaban J connectivity index is 2.25. The number of hydrogen-bond donors (Lipinski definition) is 1. The third-order valence-corrected chi connectivity index (χ3v) is 4.21. The highest BCUT2D eigenvalue weighted by Crippen LogP contribution is 2.26. The molecule has 0 spiro atoms. The summed E-state index contributed by atoms with van der Waals surface area (Å²) in [5.41, 5.74) is 10.7. The standard InChI is InChI=1S/C15H20N2S/c1-9(2)13-6-5-12(7-14(13)16)8-15-10(3)17-11(4)18-15/h5-7,9H,8,16H2,1-4H3. The van der Waals surface area contributed by atoms with E-state index in [0.29, 0.717) is 5.92 Å². The second-order valence-electron chi connectivity index (χ2n) is 5.04. The summed E-state index contributed by atoms with van der Waals surface area (Å²) in [4.78, 5) is 5.80.